The summed E-state index contributed by atoms with van der Waals surface area (Å²) in [5.74, 6) is -1.15. The first-order chi connectivity index (χ1) is 17.1. The van der Waals surface area contributed by atoms with E-state index in [0.717, 1.165) is 21.2 Å². The lowest BCUT2D eigenvalue weighted by Crippen LogP contribution is -2.29. The van der Waals surface area contributed by atoms with Crippen molar-refractivity contribution in [3.8, 4) is 11.4 Å². The van der Waals surface area contributed by atoms with Crippen molar-refractivity contribution in [2.75, 3.05) is 11.9 Å². The molecule has 0 saturated heterocycles. The molecule has 0 saturated carbocycles. The highest BCUT2D eigenvalue weighted by Gasteiger charge is 2.30. The third-order valence-electron chi connectivity index (χ3n) is 5.16. The van der Waals surface area contributed by atoms with Crippen molar-refractivity contribution in [2.45, 2.75) is 26.6 Å². The van der Waals surface area contributed by atoms with Crippen molar-refractivity contribution in [3.05, 3.63) is 81.9 Å². The number of hydrogen-bond donors (Lipinski definition) is 1. The van der Waals surface area contributed by atoms with Gasteiger partial charge in [0.1, 0.15) is 12.4 Å². The van der Waals surface area contributed by atoms with E-state index in [4.69, 9.17) is 4.74 Å². The van der Waals surface area contributed by atoms with Gasteiger partial charge in [-0.1, -0.05) is 24.3 Å². The molecule has 0 aliphatic rings. The second-order valence-electron chi connectivity index (χ2n) is 7.74. The Labute approximate surface area is 202 Å². The van der Waals surface area contributed by atoms with Gasteiger partial charge in [0.25, 0.3) is 0 Å². The van der Waals surface area contributed by atoms with E-state index in [-0.39, 0.29) is 34.9 Å². The molecular weight excluding hydrogens is 479 g/mol. The van der Waals surface area contributed by atoms with Gasteiger partial charge in [0, 0.05) is 17.3 Å². The third kappa shape index (κ3) is 4.97. The maximum absolute atomic E-state index is 13.1. The van der Waals surface area contributed by atoms with Crippen LogP contribution >= 0.6 is 0 Å². The Hall–Kier alpha value is -4.48. The fraction of sp³-hybridized carbons (Fsp3) is 0.208. The molecule has 0 aliphatic carbocycles. The normalized spacial score (nSPS) is 11.5. The van der Waals surface area contributed by atoms with Crippen molar-refractivity contribution in [3.63, 3.8) is 0 Å². The van der Waals surface area contributed by atoms with Crippen molar-refractivity contribution in [2.24, 2.45) is 0 Å². The number of nitrogens with zero attached hydrogens (tertiary/aromatic N) is 4. The van der Waals surface area contributed by atoms with Crippen LogP contribution in [-0.4, -0.2) is 37.6 Å². The molecule has 0 atom stereocenters. The van der Waals surface area contributed by atoms with Crippen molar-refractivity contribution < 1.29 is 27.5 Å². The molecule has 1 N–H and O–H groups in total. The van der Waals surface area contributed by atoms with E-state index >= 15 is 0 Å². The Balaban J connectivity index is 1.66. The number of esters is 1. The van der Waals surface area contributed by atoms with Gasteiger partial charge in [-0.15, -0.1) is 5.10 Å². The number of amides is 1. The summed E-state index contributed by atoms with van der Waals surface area (Å²) >= 11 is 0. The highest BCUT2D eigenvalue weighted by molar-refractivity contribution is 6.01. The number of benzene rings is 2. The lowest BCUT2D eigenvalue weighted by atomic mass is 10.1. The largest absolute Gasteiger partial charge is 0.462 e. The summed E-state index contributed by atoms with van der Waals surface area (Å²) in [6.45, 7) is 2.98. The molecule has 12 heteroatoms. The Kier molecular flexibility index (Phi) is 6.60. The first kappa shape index (κ1) is 24.6. The number of anilines is 1. The summed E-state index contributed by atoms with van der Waals surface area (Å²) in [4.78, 5) is 42.3. The van der Waals surface area contributed by atoms with Crippen LogP contribution in [0.25, 0.3) is 17.0 Å². The first-order valence-corrected chi connectivity index (χ1v) is 10.8. The molecule has 9 nitrogen and oxygen atoms in total. The van der Waals surface area contributed by atoms with Crippen molar-refractivity contribution >= 4 is 23.2 Å². The standard InChI is InChI=1S/C24H20F3N5O4/c1-3-36-22(34)17-6-4-5-7-18(17)29-20(33)13-31-23(35)32-19(30-31)12-14(2)28-21(32)15-8-10-16(11-9-15)24(25,26)27/h4-12H,3,13H2,1-2H3,(H,29,33). The first-order valence-electron chi connectivity index (χ1n) is 10.8. The van der Waals surface area contributed by atoms with Crippen LogP contribution in [0.5, 0.6) is 0 Å². The van der Waals surface area contributed by atoms with Crippen LogP contribution in [0.3, 0.4) is 0 Å². The minimum atomic E-state index is -4.51. The van der Waals surface area contributed by atoms with Crippen molar-refractivity contribution in [1.29, 1.82) is 0 Å². The molecule has 36 heavy (non-hydrogen) atoms. The average Bonchev–Trinajstić information content (AvgIpc) is 3.13. The lowest BCUT2D eigenvalue weighted by molar-refractivity contribution is -0.137. The lowest BCUT2D eigenvalue weighted by Gasteiger charge is -2.10. The molecule has 186 valence electrons. The summed E-state index contributed by atoms with van der Waals surface area (Å²) in [5, 5.41) is 6.76. The Morgan fingerprint density at radius 2 is 1.78 bits per heavy atom. The Morgan fingerprint density at radius 1 is 1.08 bits per heavy atom. The molecule has 4 aromatic rings. The van der Waals surface area contributed by atoms with Crippen molar-refractivity contribution in [1.82, 2.24) is 19.2 Å². The maximum Gasteiger partial charge on any atom is 0.416 e. The summed E-state index contributed by atoms with van der Waals surface area (Å²) < 4.78 is 45.9. The minimum Gasteiger partial charge on any atom is -0.462 e. The molecule has 0 fully saturated rings. The topological polar surface area (TPSA) is 108 Å². The van der Waals surface area contributed by atoms with E-state index in [1.54, 1.807) is 26.0 Å². The van der Waals surface area contributed by atoms with E-state index in [9.17, 15) is 27.6 Å². The van der Waals surface area contributed by atoms with Crippen LogP contribution in [0.15, 0.2) is 59.4 Å². The predicted octanol–water partition coefficient (Wildman–Crippen LogP) is 3.70. The minimum absolute atomic E-state index is 0.0861. The van der Waals surface area contributed by atoms with Gasteiger partial charge >= 0.3 is 17.8 Å². The zero-order chi connectivity index (χ0) is 26.0. The number of ether oxygens (including phenoxy) is 1. The fourth-order valence-corrected chi connectivity index (χ4v) is 3.56. The zero-order valence-electron chi connectivity index (χ0n) is 19.2. The molecule has 0 radical (unpaired) electrons. The Morgan fingerprint density at radius 3 is 2.44 bits per heavy atom. The van der Waals surface area contributed by atoms with Crippen LogP contribution < -0.4 is 11.0 Å². The summed E-state index contributed by atoms with van der Waals surface area (Å²) in [6.07, 6.45) is -4.51. The molecule has 2 heterocycles. The van der Waals surface area contributed by atoms with Gasteiger partial charge < -0.3 is 10.1 Å². The van der Waals surface area contributed by atoms with E-state index in [1.165, 1.54) is 30.3 Å². The summed E-state index contributed by atoms with van der Waals surface area (Å²) in [6, 6.07) is 12.0. The number of aromatic nitrogens is 4. The van der Waals surface area contributed by atoms with E-state index in [1.807, 2.05) is 0 Å². The molecule has 0 aliphatic heterocycles. The smallest absolute Gasteiger partial charge is 0.416 e. The number of rotatable bonds is 6. The van der Waals surface area contributed by atoms with Crippen LogP contribution in [0.1, 0.15) is 28.5 Å². The highest BCUT2D eigenvalue weighted by atomic mass is 19.4. The maximum atomic E-state index is 13.1. The highest BCUT2D eigenvalue weighted by Crippen LogP contribution is 2.30. The Bertz CT molecular complexity index is 1510. The summed E-state index contributed by atoms with van der Waals surface area (Å²) in [5.41, 5.74) is -0.269. The van der Waals surface area contributed by atoms with E-state index in [0.29, 0.717) is 5.69 Å². The number of hydrogen-bond acceptors (Lipinski definition) is 6. The van der Waals surface area contributed by atoms with Crippen LogP contribution in [0.2, 0.25) is 0 Å². The number of halogens is 3. The third-order valence-corrected chi connectivity index (χ3v) is 5.16. The number of carbonyl (C=O) groups excluding carboxylic acids is 2. The second kappa shape index (κ2) is 9.64. The molecule has 2 aromatic carbocycles. The number of nitrogens with one attached hydrogen (secondary N) is 1. The summed E-state index contributed by atoms with van der Waals surface area (Å²) in [7, 11) is 0. The van der Waals surface area contributed by atoms with Gasteiger partial charge in [0.15, 0.2) is 5.65 Å². The quantitative estimate of drug-likeness (QED) is 0.406. The average molecular weight is 499 g/mol. The number of fused-ring (bicyclic) bond motifs is 1. The number of aryl methyl sites for hydroxylation is 1. The molecule has 0 unspecified atom stereocenters. The van der Waals surface area contributed by atoms with E-state index < -0.39 is 35.9 Å². The fourth-order valence-electron chi connectivity index (χ4n) is 3.56. The monoisotopic (exact) mass is 499 g/mol. The number of para-hydroxylation sites is 1. The van der Waals surface area contributed by atoms with Crippen LogP contribution in [0.4, 0.5) is 18.9 Å². The number of carbonyl (C=O) groups is 2. The zero-order valence-corrected chi connectivity index (χ0v) is 19.2. The predicted molar refractivity (Wildman–Crippen MR) is 123 cm³/mol. The van der Waals surface area contributed by atoms with Gasteiger partial charge in [-0.3, -0.25) is 4.79 Å². The SMILES string of the molecule is CCOC(=O)c1ccccc1NC(=O)Cn1nc2cc(C)nc(-c3ccc(C(F)(F)F)cc3)n2c1=O. The second-order valence-corrected chi connectivity index (χ2v) is 7.74. The molecular formula is C24H20F3N5O4. The van der Waals surface area contributed by atoms with Crippen LogP contribution in [0, 0.1) is 6.92 Å². The van der Waals surface area contributed by atoms with Gasteiger partial charge in [-0.05, 0) is 38.1 Å². The van der Waals surface area contributed by atoms with Crippen LogP contribution in [-0.2, 0) is 22.3 Å². The van der Waals surface area contributed by atoms with Gasteiger partial charge in [-0.2, -0.15) is 13.2 Å². The molecule has 2 aromatic heterocycles. The van der Waals surface area contributed by atoms with Gasteiger partial charge in [-0.25, -0.2) is 23.7 Å². The van der Waals surface area contributed by atoms with Gasteiger partial charge in [0.05, 0.1) is 23.4 Å². The van der Waals surface area contributed by atoms with E-state index in [2.05, 4.69) is 15.4 Å². The van der Waals surface area contributed by atoms with Gasteiger partial charge in [0.2, 0.25) is 5.91 Å². The number of alkyl halides is 3. The molecule has 1 amide bonds. The molecule has 4 rings (SSSR count). The molecule has 0 spiro atoms. The molecule has 0 bridgehead atoms.